The largest absolute Gasteiger partial charge is 0.497 e. The number of rotatable bonds is 12. The second kappa shape index (κ2) is 15.1. The zero-order chi connectivity index (χ0) is 25.6. The van der Waals surface area contributed by atoms with Gasteiger partial charge in [0.15, 0.2) is 0 Å². The lowest BCUT2D eigenvalue weighted by atomic mass is 9.79. The van der Waals surface area contributed by atoms with Crippen molar-refractivity contribution in [3.05, 3.63) is 96.9 Å². The fourth-order valence-corrected chi connectivity index (χ4v) is 3.60. The molecule has 1 rings (SSSR count). The summed E-state index contributed by atoms with van der Waals surface area (Å²) < 4.78 is 10.4. The molecule has 0 spiro atoms. The van der Waals surface area contributed by atoms with E-state index in [1.165, 1.54) is 6.92 Å². The summed E-state index contributed by atoms with van der Waals surface area (Å²) in [5.41, 5.74) is 4.84. The van der Waals surface area contributed by atoms with Crippen molar-refractivity contribution in [1.29, 1.82) is 0 Å². The van der Waals surface area contributed by atoms with Crippen LogP contribution < -0.4 is 0 Å². The van der Waals surface area contributed by atoms with Gasteiger partial charge in [-0.25, -0.2) is 0 Å². The highest BCUT2D eigenvalue weighted by Crippen LogP contribution is 2.42. The molecule has 0 radical (unpaired) electrons. The minimum atomic E-state index is -0.276. The van der Waals surface area contributed by atoms with Crippen LogP contribution >= 0.6 is 0 Å². The first-order chi connectivity index (χ1) is 15.4. The highest BCUT2D eigenvalue weighted by Gasteiger charge is 2.30. The summed E-state index contributed by atoms with van der Waals surface area (Å²) in [4.78, 5) is 11.0. The average Bonchev–Trinajstić information content (AvgIpc) is 3.12. The van der Waals surface area contributed by atoms with Gasteiger partial charge in [-0.1, -0.05) is 71.4 Å². The normalized spacial score (nSPS) is 19.8. The van der Waals surface area contributed by atoms with Crippen LogP contribution in [0.25, 0.3) is 0 Å². The first-order valence-electron chi connectivity index (χ1n) is 11.6. The molecule has 0 heterocycles. The summed E-state index contributed by atoms with van der Waals surface area (Å²) in [5.74, 6) is 0.874. The maximum absolute atomic E-state index is 11.0. The lowest BCUT2D eigenvalue weighted by molar-refractivity contribution is -0.141. The number of hydrogen-bond acceptors (Lipinski definition) is 3. The molecule has 1 aliphatic carbocycles. The fourth-order valence-electron chi connectivity index (χ4n) is 3.60. The van der Waals surface area contributed by atoms with Gasteiger partial charge >= 0.3 is 5.97 Å². The molecule has 0 aromatic heterocycles. The minimum Gasteiger partial charge on any atom is -0.497 e. The molecular weight excluding hydrogens is 408 g/mol. The maximum Gasteiger partial charge on any atom is 0.302 e. The van der Waals surface area contributed by atoms with Crippen molar-refractivity contribution < 1.29 is 14.3 Å². The van der Waals surface area contributed by atoms with Crippen LogP contribution in [0, 0.1) is 11.3 Å². The predicted octanol–water partition coefficient (Wildman–Crippen LogP) is 8.22. The molecule has 0 aliphatic heterocycles. The highest BCUT2D eigenvalue weighted by atomic mass is 16.5. The van der Waals surface area contributed by atoms with Crippen molar-refractivity contribution in [2.45, 2.75) is 60.3 Å². The molecule has 0 bridgehead atoms. The van der Waals surface area contributed by atoms with Crippen molar-refractivity contribution in [3.8, 4) is 0 Å². The van der Waals surface area contributed by atoms with Crippen LogP contribution in [0.4, 0.5) is 0 Å². The van der Waals surface area contributed by atoms with Gasteiger partial charge in [0.05, 0.1) is 13.7 Å². The third-order valence-electron chi connectivity index (χ3n) is 5.63. The lowest BCUT2D eigenvalue weighted by Crippen LogP contribution is -2.13. The van der Waals surface area contributed by atoms with Crippen molar-refractivity contribution in [2.75, 3.05) is 13.7 Å². The van der Waals surface area contributed by atoms with Gasteiger partial charge in [-0.3, -0.25) is 4.79 Å². The van der Waals surface area contributed by atoms with Crippen LogP contribution in [0.2, 0.25) is 0 Å². The van der Waals surface area contributed by atoms with Gasteiger partial charge in [0.2, 0.25) is 0 Å². The Morgan fingerprint density at radius 2 is 1.79 bits per heavy atom. The van der Waals surface area contributed by atoms with E-state index in [-0.39, 0.29) is 11.4 Å². The van der Waals surface area contributed by atoms with Crippen molar-refractivity contribution in [3.63, 3.8) is 0 Å². The molecule has 0 saturated heterocycles. The van der Waals surface area contributed by atoms with E-state index in [4.69, 9.17) is 9.47 Å². The van der Waals surface area contributed by atoms with E-state index >= 15 is 0 Å². The molecule has 1 unspecified atom stereocenters. The summed E-state index contributed by atoms with van der Waals surface area (Å²) in [5, 5.41) is 0. The molecule has 33 heavy (non-hydrogen) atoms. The first kappa shape index (κ1) is 30.2. The number of carbonyl (C=O) groups excluding carboxylic acids is 1. The van der Waals surface area contributed by atoms with Crippen LogP contribution in [0.15, 0.2) is 96.9 Å². The molecule has 1 aliphatic rings. The second-order valence-electron chi connectivity index (χ2n) is 8.66. The molecular formula is C30H44O3. The monoisotopic (exact) mass is 452 g/mol. The number of methoxy groups -OCH3 is 1. The van der Waals surface area contributed by atoms with E-state index in [1.807, 2.05) is 13.0 Å². The van der Waals surface area contributed by atoms with Gasteiger partial charge in [0, 0.05) is 12.3 Å². The van der Waals surface area contributed by atoms with Gasteiger partial charge in [-0.15, -0.1) is 6.58 Å². The number of ether oxygens (including phenoxy) is 2. The van der Waals surface area contributed by atoms with Crippen molar-refractivity contribution in [1.82, 2.24) is 0 Å². The Balaban J connectivity index is 0.00000322. The highest BCUT2D eigenvalue weighted by molar-refractivity contribution is 5.65. The number of hydrogen-bond donors (Lipinski definition) is 0. The summed E-state index contributed by atoms with van der Waals surface area (Å²) in [7, 11) is 1.60. The predicted molar refractivity (Wildman–Crippen MR) is 143 cm³/mol. The molecule has 2 atom stereocenters. The zero-order valence-corrected chi connectivity index (χ0v) is 21.8. The van der Waals surface area contributed by atoms with Crippen LogP contribution in [0.1, 0.15) is 60.3 Å². The van der Waals surface area contributed by atoms with Crippen molar-refractivity contribution in [2.24, 2.45) is 11.3 Å². The number of esters is 1. The first-order valence-corrected chi connectivity index (χ1v) is 11.6. The van der Waals surface area contributed by atoms with E-state index in [0.29, 0.717) is 31.1 Å². The topological polar surface area (TPSA) is 35.5 Å². The lowest BCUT2D eigenvalue weighted by Gasteiger charge is -2.25. The number of carbonyl (C=O) groups is 1. The second-order valence-corrected chi connectivity index (χ2v) is 8.66. The molecule has 0 aromatic rings. The van der Waals surface area contributed by atoms with E-state index in [1.54, 1.807) is 13.2 Å². The van der Waals surface area contributed by atoms with Gasteiger partial charge in [0.1, 0.15) is 5.76 Å². The van der Waals surface area contributed by atoms with Crippen LogP contribution in [0.3, 0.4) is 0 Å². The van der Waals surface area contributed by atoms with E-state index in [0.717, 1.165) is 40.7 Å². The fraction of sp³-hybridized carbons (Fsp3) is 0.433. The van der Waals surface area contributed by atoms with Crippen LogP contribution in [-0.4, -0.2) is 19.7 Å². The SMILES string of the molecule is C=C(/C=C(/CCCOC(C)=O)C(=C)OC)C(=C)/C(=C\C(=C)[C@@]1(C)C=CC(C)C1)CC.C=CC. The van der Waals surface area contributed by atoms with E-state index in [9.17, 15) is 4.79 Å². The Bertz CT molecular complexity index is 835. The summed E-state index contributed by atoms with van der Waals surface area (Å²) in [6.07, 6.45) is 13.7. The minimum absolute atomic E-state index is 0.0104. The zero-order valence-electron chi connectivity index (χ0n) is 21.8. The molecule has 0 amide bonds. The average molecular weight is 453 g/mol. The maximum atomic E-state index is 11.0. The Kier molecular flexibility index (Phi) is 13.8. The molecule has 3 nitrogen and oxygen atoms in total. The molecule has 3 heteroatoms. The van der Waals surface area contributed by atoms with E-state index < -0.39 is 0 Å². The third kappa shape index (κ3) is 10.6. The Labute approximate surface area is 202 Å². The molecule has 182 valence electrons. The molecule has 0 aromatic carbocycles. The smallest absolute Gasteiger partial charge is 0.302 e. The number of allylic oxidation sites excluding steroid dienone is 10. The van der Waals surface area contributed by atoms with Gasteiger partial charge in [0.25, 0.3) is 0 Å². The standard InChI is InChI=1S/C27H38O3.C3H6/c1-10-25(17-21(4)27(8)14-13-19(2)18-27)22(5)20(3)16-26(23(6)29-9)12-11-15-30-24(7)28;1-3-2/h13-14,16-17,19H,3-6,10-12,15,18H2,1-2,7-9H3;3H,1H2,2H3/b25-17-,26-16-;/t19?,27-;/m0./s1. The van der Waals surface area contributed by atoms with Crippen LogP contribution in [-0.2, 0) is 14.3 Å². The molecule has 0 fully saturated rings. The Morgan fingerprint density at radius 3 is 2.24 bits per heavy atom. The molecule has 0 N–H and O–H groups in total. The third-order valence-corrected chi connectivity index (χ3v) is 5.63. The summed E-state index contributed by atoms with van der Waals surface area (Å²) in [6.45, 7) is 30.4. The van der Waals surface area contributed by atoms with Gasteiger partial charge < -0.3 is 9.47 Å². The quantitative estimate of drug-likeness (QED) is 0.0983. The Hall–Kier alpha value is -2.81. The van der Waals surface area contributed by atoms with Crippen molar-refractivity contribution >= 4 is 5.97 Å². The summed E-state index contributed by atoms with van der Waals surface area (Å²) >= 11 is 0. The Morgan fingerprint density at radius 1 is 1.18 bits per heavy atom. The van der Waals surface area contributed by atoms with Gasteiger partial charge in [-0.2, -0.15) is 0 Å². The van der Waals surface area contributed by atoms with E-state index in [2.05, 4.69) is 71.9 Å². The van der Waals surface area contributed by atoms with Crippen LogP contribution in [0.5, 0.6) is 0 Å². The van der Waals surface area contributed by atoms with Gasteiger partial charge in [-0.05, 0) is 72.5 Å². The molecule has 0 saturated carbocycles. The summed E-state index contributed by atoms with van der Waals surface area (Å²) in [6, 6.07) is 0.